The van der Waals surface area contributed by atoms with Crippen LogP contribution in [0.5, 0.6) is 5.75 Å². The lowest BCUT2D eigenvalue weighted by atomic mass is 9.94. The van der Waals surface area contributed by atoms with Crippen molar-refractivity contribution in [3.63, 3.8) is 0 Å². The molecule has 6 aromatic rings. The van der Waals surface area contributed by atoms with E-state index >= 15 is 0 Å². The number of aromatic hydroxyl groups is 1. The molecule has 1 heterocycles. The smallest absolute Gasteiger partial charge is 0.131 e. The molecule has 0 aliphatic heterocycles. The first kappa shape index (κ1) is 18.4. The normalized spacial score (nSPS) is 11.7. The van der Waals surface area contributed by atoms with Gasteiger partial charge in [-0.25, -0.2) is 9.97 Å². The molecular formula is C26H14Cl2N2O. The SMILES string of the molecule is Oc1c(-c2cc3nc4cc(Cl)c(Cl)cc4nc3c3ccccc23)ccc2ccccc12. The molecule has 1 N–H and O–H groups in total. The highest BCUT2D eigenvalue weighted by Crippen LogP contribution is 2.41. The van der Waals surface area contributed by atoms with E-state index < -0.39 is 0 Å². The molecule has 3 nitrogen and oxygen atoms in total. The van der Waals surface area contributed by atoms with Gasteiger partial charge in [-0.2, -0.15) is 0 Å². The maximum Gasteiger partial charge on any atom is 0.131 e. The first-order valence-corrected chi connectivity index (χ1v) is 10.5. The largest absolute Gasteiger partial charge is 0.507 e. The van der Waals surface area contributed by atoms with Gasteiger partial charge in [0.15, 0.2) is 0 Å². The van der Waals surface area contributed by atoms with Gasteiger partial charge < -0.3 is 5.11 Å². The molecule has 0 aliphatic rings. The monoisotopic (exact) mass is 440 g/mol. The summed E-state index contributed by atoms with van der Waals surface area (Å²) in [6, 6.07) is 25.3. The minimum absolute atomic E-state index is 0.256. The van der Waals surface area contributed by atoms with Crippen LogP contribution in [0.15, 0.2) is 78.9 Å². The molecule has 1 aromatic heterocycles. The van der Waals surface area contributed by atoms with Crippen LogP contribution in [0.4, 0.5) is 0 Å². The summed E-state index contributed by atoms with van der Waals surface area (Å²) in [4.78, 5) is 9.67. The Bertz CT molecular complexity index is 1680. The molecule has 148 valence electrons. The van der Waals surface area contributed by atoms with Crippen molar-refractivity contribution in [3.05, 3.63) is 88.9 Å². The van der Waals surface area contributed by atoms with Crippen LogP contribution in [0.25, 0.3) is 54.7 Å². The van der Waals surface area contributed by atoms with E-state index in [4.69, 9.17) is 33.2 Å². The van der Waals surface area contributed by atoms with Crippen LogP contribution in [-0.2, 0) is 0 Å². The summed E-state index contributed by atoms with van der Waals surface area (Å²) >= 11 is 12.4. The second-order valence-electron chi connectivity index (χ2n) is 7.50. The molecule has 0 spiro atoms. The standard InChI is InChI=1S/C26H14Cl2N2O/c27-20-12-22-23(13-21(20)28)30-25-17-8-4-3-7-16(17)19(11-24(25)29-22)18-10-9-14-5-1-2-6-15(14)26(18)31/h1-13,31H. The zero-order valence-electron chi connectivity index (χ0n) is 16.1. The topological polar surface area (TPSA) is 46.0 Å². The van der Waals surface area contributed by atoms with E-state index in [2.05, 4.69) is 0 Å². The van der Waals surface area contributed by atoms with Crippen molar-refractivity contribution in [3.8, 4) is 16.9 Å². The fourth-order valence-electron chi connectivity index (χ4n) is 4.20. The summed E-state index contributed by atoms with van der Waals surface area (Å²) in [6.07, 6.45) is 0. The van der Waals surface area contributed by atoms with Crippen molar-refractivity contribution in [2.45, 2.75) is 0 Å². The number of phenolic OH excluding ortho intramolecular Hbond substituents is 1. The van der Waals surface area contributed by atoms with Crippen LogP contribution in [0.2, 0.25) is 10.0 Å². The Balaban J connectivity index is 1.74. The van der Waals surface area contributed by atoms with Crippen LogP contribution in [0.1, 0.15) is 0 Å². The summed E-state index contributed by atoms with van der Waals surface area (Å²) in [6.45, 7) is 0. The van der Waals surface area contributed by atoms with E-state index in [9.17, 15) is 5.11 Å². The molecule has 0 saturated heterocycles. The van der Waals surface area contributed by atoms with Crippen molar-refractivity contribution in [1.29, 1.82) is 0 Å². The molecule has 0 saturated carbocycles. The molecule has 0 amide bonds. The van der Waals surface area contributed by atoms with Gasteiger partial charge in [-0.05, 0) is 40.6 Å². The van der Waals surface area contributed by atoms with E-state index in [-0.39, 0.29) is 5.75 Å². The predicted molar refractivity (Wildman–Crippen MR) is 129 cm³/mol. The van der Waals surface area contributed by atoms with Crippen molar-refractivity contribution >= 4 is 66.8 Å². The van der Waals surface area contributed by atoms with Crippen molar-refractivity contribution in [2.24, 2.45) is 0 Å². The number of halogens is 2. The summed E-state index contributed by atoms with van der Waals surface area (Å²) in [5.74, 6) is 0.256. The number of hydrogen-bond donors (Lipinski definition) is 1. The molecule has 0 fully saturated rings. The van der Waals surface area contributed by atoms with Crippen LogP contribution < -0.4 is 0 Å². The molecular weight excluding hydrogens is 427 g/mol. The van der Waals surface area contributed by atoms with Crippen molar-refractivity contribution in [2.75, 3.05) is 0 Å². The Morgan fingerprint density at radius 2 is 1.23 bits per heavy atom. The molecule has 6 rings (SSSR count). The Hall–Kier alpha value is -3.40. The Kier molecular flexibility index (Phi) is 4.04. The quantitative estimate of drug-likeness (QED) is 0.209. The number of hydrogen-bond acceptors (Lipinski definition) is 3. The van der Waals surface area contributed by atoms with Gasteiger partial charge in [0.05, 0.1) is 32.1 Å². The summed E-state index contributed by atoms with van der Waals surface area (Å²) < 4.78 is 0. The van der Waals surface area contributed by atoms with Gasteiger partial charge >= 0.3 is 0 Å². The zero-order chi connectivity index (χ0) is 21.1. The van der Waals surface area contributed by atoms with E-state index in [1.807, 2.05) is 66.7 Å². The first-order valence-electron chi connectivity index (χ1n) is 9.79. The van der Waals surface area contributed by atoms with Gasteiger partial charge in [-0.15, -0.1) is 0 Å². The molecule has 0 atom stereocenters. The first-order chi connectivity index (χ1) is 15.1. The number of aromatic nitrogens is 2. The van der Waals surface area contributed by atoms with Crippen molar-refractivity contribution < 1.29 is 5.11 Å². The minimum atomic E-state index is 0.256. The lowest BCUT2D eigenvalue weighted by Crippen LogP contribution is -1.92. The summed E-state index contributed by atoms with van der Waals surface area (Å²) in [5, 5.41) is 15.8. The fourth-order valence-corrected chi connectivity index (χ4v) is 4.51. The number of rotatable bonds is 1. The third kappa shape index (κ3) is 2.82. The number of phenols is 1. The lowest BCUT2D eigenvalue weighted by Gasteiger charge is -2.13. The molecule has 0 radical (unpaired) electrons. The Morgan fingerprint density at radius 1 is 0.581 bits per heavy atom. The number of benzene rings is 5. The zero-order valence-corrected chi connectivity index (χ0v) is 17.6. The number of fused-ring (bicyclic) bond motifs is 5. The highest BCUT2D eigenvalue weighted by atomic mass is 35.5. The average Bonchev–Trinajstić information content (AvgIpc) is 2.79. The Labute approximate surface area is 187 Å². The van der Waals surface area contributed by atoms with Gasteiger partial charge in [0.2, 0.25) is 0 Å². The second-order valence-corrected chi connectivity index (χ2v) is 8.31. The average molecular weight is 441 g/mol. The van der Waals surface area contributed by atoms with E-state index in [1.165, 1.54) is 0 Å². The van der Waals surface area contributed by atoms with E-state index in [0.29, 0.717) is 21.1 Å². The molecule has 0 aliphatic carbocycles. The van der Waals surface area contributed by atoms with Crippen LogP contribution in [0.3, 0.4) is 0 Å². The van der Waals surface area contributed by atoms with Gasteiger partial charge in [-0.3, -0.25) is 0 Å². The third-order valence-corrected chi connectivity index (χ3v) is 6.40. The van der Waals surface area contributed by atoms with Crippen molar-refractivity contribution in [1.82, 2.24) is 9.97 Å². The summed E-state index contributed by atoms with van der Waals surface area (Å²) in [5.41, 5.74) is 4.53. The van der Waals surface area contributed by atoms with Crippen LogP contribution in [0, 0.1) is 0 Å². The maximum atomic E-state index is 11.1. The molecule has 0 unspecified atom stereocenters. The van der Waals surface area contributed by atoms with Gasteiger partial charge in [0.1, 0.15) is 5.75 Å². The van der Waals surface area contributed by atoms with Gasteiger partial charge in [0, 0.05) is 16.3 Å². The minimum Gasteiger partial charge on any atom is -0.507 e. The highest BCUT2D eigenvalue weighted by Gasteiger charge is 2.16. The molecule has 5 aromatic carbocycles. The fraction of sp³-hybridized carbons (Fsp3) is 0. The van der Waals surface area contributed by atoms with E-state index in [1.54, 1.807) is 12.1 Å². The second kappa shape index (κ2) is 6.81. The van der Waals surface area contributed by atoms with Crippen LogP contribution in [-0.4, -0.2) is 15.1 Å². The molecule has 31 heavy (non-hydrogen) atoms. The van der Waals surface area contributed by atoms with Gasteiger partial charge in [-0.1, -0.05) is 77.8 Å². The molecule has 5 heteroatoms. The number of nitrogens with zero attached hydrogens (tertiary/aromatic N) is 2. The van der Waals surface area contributed by atoms with Crippen LogP contribution >= 0.6 is 23.2 Å². The van der Waals surface area contributed by atoms with E-state index in [0.717, 1.165) is 43.7 Å². The third-order valence-electron chi connectivity index (χ3n) is 5.68. The molecule has 0 bridgehead atoms. The highest BCUT2D eigenvalue weighted by molar-refractivity contribution is 6.42. The summed E-state index contributed by atoms with van der Waals surface area (Å²) in [7, 11) is 0. The predicted octanol–water partition coefficient (Wildman–Crippen LogP) is 7.77. The maximum absolute atomic E-state index is 11.1. The lowest BCUT2D eigenvalue weighted by molar-refractivity contribution is 0.483. The van der Waals surface area contributed by atoms with Gasteiger partial charge in [0.25, 0.3) is 0 Å². The Morgan fingerprint density at radius 3 is 2.00 bits per heavy atom.